The quantitative estimate of drug-likeness (QED) is 0.417. The van der Waals surface area contributed by atoms with Crippen LogP contribution in [0.15, 0.2) is 97.1 Å². The van der Waals surface area contributed by atoms with Crippen LogP contribution in [0.25, 0.3) is 11.1 Å². The first-order valence-electron chi connectivity index (χ1n) is 8.94. The van der Waals surface area contributed by atoms with E-state index < -0.39 is 0 Å². The molecular weight excluding hydrogens is 348 g/mol. The van der Waals surface area contributed by atoms with Crippen molar-refractivity contribution in [2.24, 2.45) is 0 Å². The molecule has 4 aromatic rings. The van der Waals surface area contributed by atoms with Crippen LogP contribution in [0, 0.1) is 0 Å². The molecule has 0 bridgehead atoms. The van der Waals surface area contributed by atoms with Crippen molar-refractivity contribution >= 4 is 11.4 Å². The van der Waals surface area contributed by atoms with Gasteiger partial charge < -0.3 is 20.9 Å². The normalized spacial score (nSPS) is 10.4. The lowest BCUT2D eigenvalue weighted by Gasteiger charge is -2.11. The Bertz CT molecular complexity index is 1020. The minimum absolute atomic E-state index is 0.601. The minimum atomic E-state index is 0.601. The zero-order valence-corrected chi connectivity index (χ0v) is 15.2. The fourth-order valence-electron chi connectivity index (χ4n) is 2.88. The summed E-state index contributed by atoms with van der Waals surface area (Å²) in [5.41, 5.74) is 15.2. The van der Waals surface area contributed by atoms with Gasteiger partial charge in [-0.15, -0.1) is 0 Å². The molecule has 0 saturated heterocycles. The first-order chi connectivity index (χ1) is 13.7. The molecule has 0 aromatic heterocycles. The Morgan fingerprint density at radius 1 is 0.464 bits per heavy atom. The Morgan fingerprint density at radius 2 is 0.893 bits per heavy atom. The Kier molecular flexibility index (Phi) is 4.85. The molecule has 138 valence electrons. The lowest BCUT2D eigenvalue weighted by Crippen LogP contribution is -1.92. The fourth-order valence-corrected chi connectivity index (χ4v) is 2.88. The summed E-state index contributed by atoms with van der Waals surface area (Å²) in [5.74, 6) is 2.70. The van der Waals surface area contributed by atoms with Crippen molar-refractivity contribution in [3.05, 3.63) is 97.1 Å². The molecule has 28 heavy (non-hydrogen) atoms. The van der Waals surface area contributed by atoms with Crippen LogP contribution in [-0.2, 0) is 0 Å². The maximum Gasteiger partial charge on any atom is 0.150 e. The molecule has 4 rings (SSSR count). The van der Waals surface area contributed by atoms with Gasteiger partial charge in [0.2, 0.25) is 0 Å². The fraction of sp³-hybridized carbons (Fsp3) is 0. The predicted octanol–water partition coefficient (Wildman–Crippen LogP) is 6.10. The summed E-state index contributed by atoms with van der Waals surface area (Å²) in [4.78, 5) is 0. The molecule has 0 fully saturated rings. The van der Waals surface area contributed by atoms with E-state index in [0.29, 0.717) is 34.4 Å². The van der Waals surface area contributed by atoms with Gasteiger partial charge in [-0.25, -0.2) is 0 Å². The van der Waals surface area contributed by atoms with Gasteiger partial charge in [0, 0.05) is 0 Å². The summed E-state index contributed by atoms with van der Waals surface area (Å²) in [6.45, 7) is 0. The molecule has 0 saturated carbocycles. The van der Waals surface area contributed by atoms with Gasteiger partial charge in [0.15, 0.2) is 0 Å². The van der Waals surface area contributed by atoms with Crippen molar-refractivity contribution in [3.8, 4) is 34.1 Å². The smallest absolute Gasteiger partial charge is 0.150 e. The third kappa shape index (κ3) is 3.91. The SMILES string of the molecule is Nc1ccccc1Oc1cccc(-c2cccc(Oc3ccccc3N)c2)c1. The van der Waals surface area contributed by atoms with Gasteiger partial charge in [-0.1, -0.05) is 48.5 Å². The molecule has 4 aromatic carbocycles. The van der Waals surface area contributed by atoms with Crippen molar-refractivity contribution in [1.29, 1.82) is 0 Å². The topological polar surface area (TPSA) is 70.5 Å². The first kappa shape index (κ1) is 17.5. The highest BCUT2D eigenvalue weighted by molar-refractivity contribution is 5.67. The molecule has 0 spiro atoms. The summed E-state index contributed by atoms with van der Waals surface area (Å²) >= 11 is 0. The molecule has 0 aliphatic rings. The van der Waals surface area contributed by atoms with Crippen molar-refractivity contribution in [2.45, 2.75) is 0 Å². The van der Waals surface area contributed by atoms with Crippen LogP contribution in [0.3, 0.4) is 0 Å². The van der Waals surface area contributed by atoms with Gasteiger partial charge in [-0.3, -0.25) is 0 Å². The molecule has 4 N–H and O–H groups in total. The second-order valence-corrected chi connectivity index (χ2v) is 6.34. The van der Waals surface area contributed by atoms with Gasteiger partial charge in [-0.2, -0.15) is 0 Å². The highest BCUT2D eigenvalue weighted by Gasteiger charge is 2.06. The van der Waals surface area contributed by atoms with Crippen LogP contribution in [-0.4, -0.2) is 0 Å². The van der Waals surface area contributed by atoms with Crippen LogP contribution < -0.4 is 20.9 Å². The number of benzene rings is 4. The van der Waals surface area contributed by atoms with E-state index >= 15 is 0 Å². The Balaban J connectivity index is 1.59. The number of hydrogen-bond donors (Lipinski definition) is 2. The molecule has 0 heterocycles. The maximum atomic E-state index is 5.97. The lowest BCUT2D eigenvalue weighted by atomic mass is 10.1. The third-order valence-electron chi connectivity index (χ3n) is 4.30. The van der Waals surface area contributed by atoms with Crippen molar-refractivity contribution in [3.63, 3.8) is 0 Å². The summed E-state index contributed by atoms with van der Waals surface area (Å²) in [7, 11) is 0. The highest BCUT2D eigenvalue weighted by Crippen LogP contribution is 2.33. The summed E-state index contributed by atoms with van der Waals surface area (Å²) < 4.78 is 11.9. The number of hydrogen-bond acceptors (Lipinski definition) is 4. The van der Waals surface area contributed by atoms with Crippen LogP contribution in [0.5, 0.6) is 23.0 Å². The van der Waals surface area contributed by atoms with E-state index in [1.54, 1.807) is 0 Å². The molecule has 0 amide bonds. The molecule has 0 radical (unpaired) electrons. The Hall–Kier alpha value is -3.92. The van der Waals surface area contributed by atoms with Crippen LogP contribution in [0.2, 0.25) is 0 Å². The van der Waals surface area contributed by atoms with Gasteiger partial charge >= 0.3 is 0 Å². The number of anilines is 2. The number of para-hydroxylation sites is 4. The van der Waals surface area contributed by atoms with Gasteiger partial charge in [-0.05, 0) is 59.7 Å². The number of nitrogen functional groups attached to an aromatic ring is 2. The van der Waals surface area contributed by atoms with Gasteiger partial charge in [0.25, 0.3) is 0 Å². The zero-order chi connectivity index (χ0) is 19.3. The highest BCUT2D eigenvalue weighted by atomic mass is 16.5. The second kappa shape index (κ2) is 7.76. The van der Waals surface area contributed by atoms with E-state index in [1.165, 1.54) is 0 Å². The van der Waals surface area contributed by atoms with Gasteiger partial charge in [0.05, 0.1) is 11.4 Å². The van der Waals surface area contributed by atoms with E-state index in [4.69, 9.17) is 20.9 Å². The average Bonchev–Trinajstić information content (AvgIpc) is 2.72. The average molecular weight is 368 g/mol. The van der Waals surface area contributed by atoms with Gasteiger partial charge in [0.1, 0.15) is 23.0 Å². The van der Waals surface area contributed by atoms with E-state index in [9.17, 15) is 0 Å². The second-order valence-electron chi connectivity index (χ2n) is 6.34. The molecule has 4 nitrogen and oxygen atoms in total. The minimum Gasteiger partial charge on any atom is -0.455 e. The summed E-state index contributed by atoms with van der Waals surface area (Å²) in [6, 6.07) is 30.6. The van der Waals surface area contributed by atoms with Crippen molar-refractivity contribution < 1.29 is 9.47 Å². The molecule has 0 unspecified atom stereocenters. The monoisotopic (exact) mass is 368 g/mol. The van der Waals surface area contributed by atoms with Crippen molar-refractivity contribution in [1.82, 2.24) is 0 Å². The Labute approximate surface area is 164 Å². The molecular formula is C24H20N2O2. The molecule has 0 atom stereocenters. The lowest BCUT2D eigenvalue weighted by molar-refractivity contribution is 0.484. The Morgan fingerprint density at radius 3 is 1.32 bits per heavy atom. The number of rotatable bonds is 5. The summed E-state index contributed by atoms with van der Waals surface area (Å²) in [6.07, 6.45) is 0. The van der Waals surface area contributed by atoms with E-state index in [1.807, 2.05) is 97.1 Å². The summed E-state index contributed by atoms with van der Waals surface area (Å²) in [5, 5.41) is 0. The van der Waals surface area contributed by atoms with Crippen LogP contribution in [0.4, 0.5) is 11.4 Å². The third-order valence-corrected chi connectivity index (χ3v) is 4.30. The molecule has 4 heteroatoms. The van der Waals surface area contributed by atoms with Crippen molar-refractivity contribution in [2.75, 3.05) is 11.5 Å². The van der Waals surface area contributed by atoms with Crippen LogP contribution in [0.1, 0.15) is 0 Å². The molecule has 0 aliphatic heterocycles. The molecule has 0 aliphatic carbocycles. The first-order valence-corrected chi connectivity index (χ1v) is 8.94. The van der Waals surface area contributed by atoms with E-state index in [-0.39, 0.29) is 0 Å². The zero-order valence-electron chi connectivity index (χ0n) is 15.2. The standard InChI is InChI=1S/C24H20N2O2/c25-21-11-1-3-13-23(21)27-19-9-5-7-17(15-19)18-8-6-10-20(16-18)28-24-14-4-2-12-22(24)26/h1-16H,25-26H2. The number of nitrogens with two attached hydrogens (primary N) is 2. The van der Waals surface area contributed by atoms with Crippen LogP contribution >= 0.6 is 0 Å². The maximum absolute atomic E-state index is 5.97. The number of ether oxygens (including phenoxy) is 2. The largest absolute Gasteiger partial charge is 0.455 e. The van der Waals surface area contributed by atoms with E-state index in [0.717, 1.165) is 11.1 Å². The predicted molar refractivity (Wildman–Crippen MR) is 114 cm³/mol. The van der Waals surface area contributed by atoms with E-state index in [2.05, 4.69) is 0 Å².